The summed E-state index contributed by atoms with van der Waals surface area (Å²) < 4.78 is 63.3. The van der Waals surface area contributed by atoms with Gasteiger partial charge in [-0.15, -0.1) is 0 Å². The standard InChI is InChI=1S/C64H104O18/c1-15-43-23-21-25-45(17-3)61(37(7)51(67)33-63(73-13)35-53(47(19-5)39(9)81-63)77-57-31-49(65)59(71)41(11)75-57)80-56(70)30-28-44(16-2)24-22-26-46(18-4)62(79-55(69)29-27-43)38(8)52(68)34-64(74-14)36-54(48(20-6)40(10)82-64)78-58-32-50(66)60(72)42(12)76-58/h21-30,37-42,45-54,57-62,65-68,71-72H,15-20,31-36H2,1-14H3/b25-21-,26-22-,29-27-,30-28-,43-23-,44-24-/t37-,38-,39-,40-,41+,42+,45+,46+,47-,48+,49+,50-,51+,52-,53-,54-,57-,58+,59+,60+,61+,62+,63+,64-/m0/s1. The zero-order chi connectivity index (χ0) is 60.6. The molecule has 0 aromatic carbocycles. The first-order chi connectivity index (χ1) is 38.9. The van der Waals surface area contributed by atoms with Crippen molar-refractivity contribution < 1.29 is 87.6 Å². The van der Waals surface area contributed by atoms with Gasteiger partial charge in [-0.1, -0.05) is 104 Å². The smallest absolute Gasteiger partial charge is 0.331 e. The summed E-state index contributed by atoms with van der Waals surface area (Å²) in [6.45, 7) is 23.0. The van der Waals surface area contributed by atoms with Crippen molar-refractivity contribution in [1.29, 1.82) is 0 Å². The summed E-state index contributed by atoms with van der Waals surface area (Å²) in [5.41, 5.74) is 1.63. The fourth-order valence-corrected chi connectivity index (χ4v) is 12.8. The van der Waals surface area contributed by atoms with Gasteiger partial charge in [-0.05, 0) is 77.4 Å². The summed E-state index contributed by atoms with van der Waals surface area (Å²) in [7, 11) is 3.08. The van der Waals surface area contributed by atoms with Gasteiger partial charge in [0.25, 0.3) is 0 Å². The Labute approximate surface area is 489 Å². The normalized spacial score (nSPS) is 42.8. The van der Waals surface area contributed by atoms with E-state index in [4.69, 9.17) is 47.4 Å². The lowest BCUT2D eigenvalue weighted by Gasteiger charge is -2.49. The van der Waals surface area contributed by atoms with Crippen molar-refractivity contribution in [3.8, 4) is 0 Å². The summed E-state index contributed by atoms with van der Waals surface area (Å²) in [6.07, 6.45) is 9.96. The number of methoxy groups -OCH3 is 2. The van der Waals surface area contributed by atoms with E-state index in [9.17, 15) is 40.2 Å². The summed E-state index contributed by atoms with van der Waals surface area (Å²) in [5.74, 6) is -5.81. The Balaban J connectivity index is 1.39. The lowest BCUT2D eigenvalue weighted by molar-refractivity contribution is -0.337. The van der Waals surface area contributed by atoms with Crippen LogP contribution in [-0.4, -0.2) is 166 Å². The van der Waals surface area contributed by atoms with Gasteiger partial charge in [0.15, 0.2) is 24.2 Å². The van der Waals surface area contributed by atoms with Crippen molar-refractivity contribution in [3.05, 3.63) is 71.9 Å². The number of cyclic esters (lactones) is 2. The Morgan fingerprint density at radius 3 is 1.23 bits per heavy atom. The molecule has 5 aliphatic heterocycles. The van der Waals surface area contributed by atoms with E-state index in [-0.39, 0.29) is 74.4 Å². The number of aliphatic hydroxyl groups excluding tert-OH is 6. The zero-order valence-electron chi connectivity index (χ0n) is 51.5. The van der Waals surface area contributed by atoms with E-state index in [2.05, 4.69) is 0 Å². The van der Waals surface area contributed by atoms with Crippen molar-refractivity contribution in [1.82, 2.24) is 0 Å². The molecule has 6 N–H and O–H groups in total. The van der Waals surface area contributed by atoms with E-state index >= 15 is 0 Å². The second kappa shape index (κ2) is 32.5. The van der Waals surface area contributed by atoms with Crippen LogP contribution < -0.4 is 0 Å². The topological polar surface area (TPSA) is 248 Å². The molecule has 0 unspecified atom stereocenters. The molecule has 5 aliphatic rings. The number of hydrogen-bond donors (Lipinski definition) is 6. The van der Waals surface area contributed by atoms with Crippen molar-refractivity contribution in [2.24, 2.45) is 35.5 Å². The maximum Gasteiger partial charge on any atom is 0.331 e. The van der Waals surface area contributed by atoms with Crippen LogP contribution >= 0.6 is 0 Å². The van der Waals surface area contributed by atoms with Gasteiger partial charge >= 0.3 is 11.9 Å². The van der Waals surface area contributed by atoms with E-state index in [0.29, 0.717) is 25.7 Å². The summed E-state index contributed by atoms with van der Waals surface area (Å²) in [5, 5.41) is 66.3. The minimum atomic E-state index is -1.29. The highest BCUT2D eigenvalue weighted by molar-refractivity contribution is 5.83. The van der Waals surface area contributed by atoms with E-state index in [0.717, 1.165) is 24.0 Å². The number of hydrogen-bond acceptors (Lipinski definition) is 18. The van der Waals surface area contributed by atoms with Crippen LogP contribution in [0.4, 0.5) is 0 Å². The second-order valence-corrected chi connectivity index (χ2v) is 23.7. The van der Waals surface area contributed by atoms with Gasteiger partial charge in [0.2, 0.25) is 0 Å². The largest absolute Gasteiger partial charge is 0.458 e. The molecule has 24 atom stereocenters. The SMILES string of the molecule is CCC1=C/C=C\[C@@H](CC)[C@@H]([C@@H](C)[C@@H](O)C[C@@]2(OC)C[C@H](O[C@@H]3C[C@H](O)[C@H](O)[C@@H](C)O3)[C@H](CC)[C@H](C)O2)OC(=O)\C=C/C(CC)=C\C=C/[C@@H](CC)[C@@H]([C@@H](C)[C@H](O)C[C@]2(OC)C[C@H](O[C@H]3C[C@@H](O)[C@H](O)[C@@H](C)O3)[C@@H](CC)[C@H](C)O2)OC(=O)/C=C\1. The Morgan fingerprint density at radius 2 is 0.927 bits per heavy atom. The van der Waals surface area contributed by atoms with Gasteiger partial charge in [0.05, 0.1) is 61.0 Å². The molecular weight excluding hydrogens is 1060 g/mol. The van der Waals surface area contributed by atoms with Gasteiger partial charge in [-0.3, -0.25) is 0 Å². The summed E-state index contributed by atoms with van der Waals surface area (Å²) >= 11 is 0. The molecule has 5 heterocycles. The first-order valence-corrected chi connectivity index (χ1v) is 30.6. The zero-order valence-corrected chi connectivity index (χ0v) is 51.5. The molecule has 0 saturated carbocycles. The monoisotopic (exact) mass is 1160 g/mol. The van der Waals surface area contributed by atoms with Gasteiger partial charge in [0.1, 0.15) is 24.4 Å². The summed E-state index contributed by atoms with van der Waals surface area (Å²) in [4.78, 5) is 28.0. The first-order valence-electron chi connectivity index (χ1n) is 30.6. The van der Waals surface area contributed by atoms with E-state index in [1.165, 1.54) is 26.4 Å². The van der Waals surface area contributed by atoms with Gasteiger partial charge in [-0.2, -0.15) is 0 Å². The number of rotatable bonds is 20. The fourth-order valence-electron chi connectivity index (χ4n) is 12.8. The minimum Gasteiger partial charge on any atom is -0.458 e. The Hall–Kier alpha value is -3.18. The predicted octanol–water partition coefficient (Wildman–Crippen LogP) is 8.39. The molecule has 82 heavy (non-hydrogen) atoms. The maximum absolute atomic E-state index is 14.0. The van der Waals surface area contributed by atoms with Crippen molar-refractivity contribution in [2.45, 2.75) is 270 Å². The second-order valence-electron chi connectivity index (χ2n) is 23.7. The van der Waals surface area contributed by atoms with Crippen LogP contribution in [0.3, 0.4) is 0 Å². The quantitative estimate of drug-likeness (QED) is 0.0627. The van der Waals surface area contributed by atoms with E-state index < -0.39 is 121 Å². The molecule has 0 amide bonds. The molecule has 4 fully saturated rings. The number of allylic oxidation sites excluding steroid dienone is 8. The molecule has 4 saturated heterocycles. The average Bonchev–Trinajstić information content (AvgIpc) is 2.83. The number of aliphatic hydroxyl groups is 6. The molecule has 0 bridgehead atoms. The van der Waals surface area contributed by atoms with Gasteiger partial charge < -0.3 is 78.0 Å². The lowest BCUT2D eigenvalue weighted by atomic mass is 9.80. The van der Waals surface area contributed by atoms with Crippen LogP contribution in [-0.2, 0) is 57.0 Å². The highest BCUT2D eigenvalue weighted by Crippen LogP contribution is 2.44. The van der Waals surface area contributed by atoms with Crippen LogP contribution in [0.25, 0.3) is 0 Å². The van der Waals surface area contributed by atoms with Crippen LogP contribution in [0.15, 0.2) is 71.9 Å². The van der Waals surface area contributed by atoms with Crippen molar-refractivity contribution in [3.63, 3.8) is 0 Å². The van der Waals surface area contributed by atoms with Crippen LogP contribution in [0.2, 0.25) is 0 Å². The lowest BCUT2D eigenvalue weighted by Crippen LogP contribution is -2.56. The molecular formula is C64H104O18. The Bertz CT molecular complexity index is 1990. The molecule has 18 nitrogen and oxygen atoms in total. The molecule has 0 aliphatic carbocycles. The molecule has 0 aromatic rings. The molecule has 5 rings (SSSR count). The highest BCUT2D eigenvalue weighted by Gasteiger charge is 2.52. The van der Waals surface area contributed by atoms with E-state index in [1.54, 1.807) is 26.0 Å². The average molecular weight is 1160 g/mol. The highest BCUT2D eigenvalue weighted by atomic mass is 16.7. The third-order valence-corrected chi connectivity index (χ3v) is 18.3. The fraction of sp³-hybridized carbons (Fsp3) is 0.781. The first kappa shape index (κ1) is 69.6. The number of carbonyl (C=O) groups excluding carboxylic acids is 2. The van der Waals surface area contributed by atoms with Crippen molar-refractivity contribution >= 4 is 11.9 Å². The number of carbonyl (C=O) groups is 2. The third kappa shape index (κ3) is 18.4. The molecule has 468 valence electrons. The Kier molecular flexibility index (Phi) is 27.6. The summed E-state index contributed by atoms with van der Waals surface area (Å²) in [6, 6.07) is 0. The van der Waals surface area contributed by atoms with E-state index in [1.807, 2.05) is 106 Å². The molecule has 0 radical (unpaired) electrons. The molecule has 18 heteroatoms. The molecule has 0 aromatic heterocycles. The van der Waals surface area contributed by atoms with Crippen molar-refractivity contribution in [2.75, 3.05) is 14.2 Å². The Morgan fingerprint density at radius 1 is 0.561 bits per heavy atom. The van der Waals surface area contributed by atoms with Crippen LogP contribution in [0.5, 0.6) is 0 Å². The maximum atomic E-state index is 14.0. The number of ether oxygens (including phenoxy) is 10. The van der Waals surface area contributed by atoms with Crippen LogP contribution in [0, 0.1) is 35.5 Å². The predicted molar refractivity (Wildman–Crippen MR) is 309 cm³/mol. The number of esters is 2. The van der Waals surface area contributed by atoms with Crippen LogP contribution in [0.1, 0.15) is 160 Å². The third-order valence-electron chi connectivity index (χ3n) is 18.3. The van der Waals surface area contributed by atoms with Gasteiger partial charge in [0, 0.05) is 100 Å². The molecule has 0 spiro atoms. The minimum absolute atomic E-state index is 0.0271. The van der Waals surface area contributed by atoms with Gasteiger partial charge in [-0.25, -0.2) is 9.59 Å².